The van der Waals surface area contributed by atoms with E-state index in [1.54, 1.807) is 0 Å². The third kappa shape index (κ3) is 7.18. The van der Waals surface area contributed by atoms with Crippen LogP contribution < -0.4 is 20.7 Å². The van der Waals surface area contributed by atoms with Crippen molar-refractivity contribution in [1.82, 2.24) is 9.97 Å². The summed E-state index contributed by atoms with van der Waals surface area (Å²) < 4.78 is 11.1. The van der Waals surface area contributed by atoms with Crippen LogP contribution in [0.2, 0.25) is 0 Å². The normalized spacial score (nSPS) is 31.2. The third-order valence-corrected chi connectivity index (χ3v) is 13.3. The van der Waals surface area contributed by atoms with Gasteiger partial charge >= 0.3 is 35.0 Å². The van der Waals surface area contributed by atoms with Crippen molar-refractivity contribution in [2.75, 3.05) is 13.7 Å². The number of carbonyl (C=O) groups excluding carboxylic acids is 2. The van der Waals surface area contributed by atoms with Crippen molar-refractivity contribution in [1.29, 1.82) is 0 Å². The summed E-state index contributed by atoms with van der Waals surface area (Å²) in [5.74, 6) is -0.202. The Labute approximate surface area is 343 Å². The number of ether oxygens (including phenoxy) is 2. The summed E-state index contributed by atoms with van der Waals surface area (Å²) >= 11 is 0. The first-order chi connectivity index (χ1) is 25.7. The molecule has 1 N–H and O–H groups in total. The van der Waals surface area contributed by atoms with E-state index in [0.717, 1.165) is 52.5 Å². The number of methoxy groups -OCH3 is 1. The quantitative estimate of drug-likeness (QED) is 0.184. The molecule has 0 aromatic carbocycles. The minimum Gasteiger partial charge on any atom is -0.675 e. The van der Waals surface area contributed by atoms with Gasteiger partial charge in [-0.1, -0.05) is 106 Å². The van der Waals surface area contributed by atoms with E-state index >= 15 is 0 Å². The smallest absolute Gasteiger partial charge is 0.675 e. The van der Waals surface area contributed by atoms with Gasteiger partial charge in [0.2, 0.25) is 0 Å². The summed E-state index contributed by atoms with van der Waals surface area (Å²) in [7, 11) is 1.35. The molecule has 3 aliphatic heterocycles. The van der Waals surface area contributed by atoms with Crippen LogP contribution in [0.4, 0.5) is 0 Å². The number of esters is 2. The van der Waals surface area contributed by atoms with Crippen LogP contribution in [0.1, 0.15) is 127 Å². The Balaban J connectivity index is 0.00000514. The summed E-state index contributed by atoms with van der Waals surface area (Å²) in [6, 6.07) is 0. The molecule has 2 aliphatic carbocycles. The van der Waals surface area contributed by atoms with Gasteiger partial charge in [-0.05, 0) is 81.1 Å². The van der Waals surface area contributed by atoms with E-state index in [4.69, 9.17) is 30.1 Å². The zero-order chi connectivity index (χ0) is 38.8. The van der Waals surface area contributed by atoms with E-state index in [9.17, 15) is 14.7 Å². The molecule has 1 unspecified atom stereocenters. The molecule has 1 spiro atoms. The van der Waals surface area contributed by atoms with Crippen LogP contribution in [0.25, 0.3) is 28.4 Å². The molecular formula is C45H58MgN4O5-2. The number of carbonyl (C=O) groups is 2. The molecule has 10 heteroatoms. The van der Waals surface area contributed by atoms with Crippen molar-refractivity contribution < 1.29 is 24.2 Å². The topological polar surface area (TPSA) is 129 Å². The van der Waals surface area contributed by atoms with Crippen molar-refractivity contribution in [3.05, 3.63) is 83.7 Å². The number of nitrogens with zero attached hydrogens (tertiary/aromatic N) is 4. The summed E-state index contributed by atoms with van der Waals surface area (Å²) in [6.45, 7) is 20.0. The minimum absolute atomic E-state index is 0. The fourth-order valence-corrected chi connectivity index (χ4v) is 9.87. The molecule has 1 saturated carbocycles. The Morgan fingerprint density at radius 1 is 1.00 bits per heavy atom. The Kier molecular flexibility index (Phi) is 12.0. The zero-order valence-corrected chi connectivity index (χ0v) is 36.0. The van der Waals surface area contributed by atoms with Crippen molar-refractivity contribution in [2.45, 2.75) is 119 Å². The maximum Gasteiger partial charge on any atom is 2.00 e. The number of hydrogen-bond acceptors (Lipinski definition) is 5. The molecule has 2 aromatic heterocycles. The van der Waals surface area contributed by atoms with E-state index in [-0.39, 0.29) is 52.8 Å². The number of aliphatic hydroxyl groups is 1. The molecule has 2 fully saturated rings. The minimum atomic E-state index is -1.15. The van der Waals surface area contributed by atoms with Gasteiger partial charge in [0.25, 0.3) is 0 Å². The van der Waals surface area contributed by atoms with Crippen LogP contribution in [0.15, 0.2) is 28.7 Å². The molecule has 2 aromatic rings. The molecule has 9 nitrogen and oxygen atoms in total. The average molecular weight is 759 g/mol. The number of aromatic nitrogens is 2. The van der Waals surface area contributed by atoms with Crippen LogP contribution in [-0.2, 0) is 25.5 Å². The van der Waals surface area contributed by atoms with Gasteiger partial charge in [0.05, 0.1) is 19.8 Å². The molecular weight excluding hydrogens is 701 g/mol. The maximum atomic E-state index is 13.6. The van der Waals surface area contributed by atoms with Gasteiger partial charge in [-0.2, -0.15) is 11.4 Å². The van der Waals surface area contributed by atoms with Gasteiger partial charge in [-0.3, -0.25) is 9.59 Å². The summed E-state index contributed by atoms with van der Waals surface area (Å²) in [4.78, 5) is 37.1. The monoisotopic (exact) mass is 758 g/mol. The fourth-order valence-electron chi connectivity index (χ4n) is 9.87. The van der Waals surface area contributed by atoms with E-state index < -0.39 is 18.0 Å². The number of rotatable bonds is 12. The second-order valence-corrected chi connectivity index (χ2v) is 17.1. The summed E-state index contributed by atoms with van der Waals surface area (Å²) in [6.07, 6.45) is 11.2. The molecule has 5 aliphatic rings. The first kappa shape index (κ1) is 41.4. The Bertz CT molecular complexity index is 2070. The Hall–Kier alpha value is -3.21. The van der Waals surface area contributed by atoms with Gasteiger partial charge in [-0.25, -0.2) is 0 Å². The molecule has 8 atom stereocenters. The van der Waals surface area contributed by atoms with Gasteiger partial charge in [0, 0.05) is 6.42 Å². The van der Waals surface area contributed by atoms with Gasteiger partial charge < -0.3 is 35.2 Å². The number of allylic oxidation sites excluding steroid dienone is 3. The second kappa shape index (κ2) is 16.0. The maximum absolute atomic E-state index is 13.6. The number of hydrogen-bond donors (Lipinski definition) is 1. The largest absolute Gasteiger partial charge is 2.00 e. The van der Waals surface area contributed by atoms with Crippen molar-refractivity contribution >= 4 is 52.7 Å². The van der Waals surface area contributed by atoms with Crippen molar-refractivity contribution in [3.8, 4) is 0 Å². The van der Waals surface area contributed by atoms with E-state index in [1.807, 2.05) is 13.0 Å². The Morgan fingerprint density at radius 3 is 2.44 bits per heavy atom. The van der Waals surface area contributed by atoms with Crippen LogP contribution in [0, 0.1) is 55.3 Å². The predicted octanol–water partition coefficient (Wildman–Crippen LogP) is 6.94. The summed E-state index contributed by atoms with van der Waals surface area (Å²) in [5.41, 5.74) is 9.00. The molecule has 0 radical (unpaired) electrons. The third-order valence-electron chi connectivity index (χ3n) is 13.3. The first-order valence-corrected chi connectivity index (χ1v) is 20.3. The van der Waals surface area contributed by atoms with Crippen LogP contribution in [0.5, 0.6) is 0 Å². The predicted molar refractivity (Wildman–Crippen MR) is 217 cm³/mol. The van der Waals surface area contributed by atoms with Crippen LogP contribution in [-0.4, -0.2) is 59.4 Å². The van der Waals surface area contributed by atoms with Crippen LogP contribution >= 0.6 is 0 Å². The number of aliphatic hydroxyl groups excluding tert-OH is 1. The van der Waals surface area contributed by atoms with Gasteiger partial charge in [0.15, 0.2) is 0 Å². The number of fused-ring (bicyclic) bond motifs is 6. The average Bonchev–Trinajstić information content (AvgIpc) is 3.59. The summed E-state index contributed by atoms with van der Waals surface area (Å²) in [5, 5.41) is 24.4. The fraction of sp³-hybridized carbons (Fsp3) is 0.600. The Morgan fingerprint density at radius 2 is 1.75 bits per heavy atom. The van der Waals surface area contributed by atoms with Gasteiger partial charge in [0.1, 0.15) is 5.92 Å². The molecule has 0 amide bonds. The molecule has 55 heavy (non-hydrogen) atoms. The molecule has 7 rings (SSSR count). The molecule has 1 saturated heterocycles. The van der Waals surface area contributed by atoms with E-state index in [2.05, 4.69) is 67.5 Å². The molecule has 5 heterocycles. The second-order valence-electron chi connectivity index (χ2n) is 17.1. The van der Waals surface area contributed by atoms with E-state index in [1.165, 1.54) is 31.1 Å². The standard InChI is InChI=1S/C45H58N4O5.Mg/c1-11-29-24(5)35-21-45-28(9)40(45)27(8)33(49-45)19-31-25(6)30(15-16-36(50)54-18-17-23(4)14-12-13-22(2)3)41(47-31)38-39(44(52)53-10)43(51)37-26(7)32(48-42(37)38)20-34(29)46-35;/h19-23,25,28,30,39-40,43,51H,11-18H2,1-10H3;/q-4;+2/b31-19-,34-20-,35-21-,41-38-;/t23?,25-,28-,30-,39-,40+,43+,45-;/m1./s1. The van der Waals surface area contributed by atoms with Crippen molar-refractivity contribution in [2.24, 2.45) is 41.4 Å². The van der Waals surface area contributed by atoms with Gasteiger partial charge in [-0.15, -0.1) is 33.9 Å². The SMILES string of the molecule is CCc1c(C)/c2[n-]/c1=C\c1[n-]c3c(c1C)[C@H](O)[C@H](C(=O)OC)/C3=C1/[N-]/C(=C\C3=C(C)[C@H]4[C@@H](C)[C@@]4(\C=2)[N-]3)[C@H](C)[C@H]1CCC(=O)OCCC(C)CCCC(C)C.[Mg+2]. The van der Waals surface area contributed by atoms with E-state index in [0.29, 0.717) is 64.9 Å². The molecule has 292 valence electrons. The van der Waals surface area contributed by atoms with Crippen molar-refractivity contribution in [3.63, 3.8) is 0 Å². The molecule has 8 bridgehead atoms. The van der Waals surface area contributed by atoms with Crippen LogP contribution in [0.3, 0.4) is 0 Å². The zero-order valence-electron chi connectivity index (χ0n) is 34.6. The first-order valence-electron chi connectivity index (χ1n) is 20.3.